The molecule has 24 heavy (non-hydrogen) atoms. The fourth-order valence-electron chi connectivity index (χ4n) is 2.54. The van der Waals surface area contributed by atoms with E-state index in [1.165, 1.54) is 0 Å². The van der Waals surface area contributed by atoms with Crippen molar-refractivity contribution in [1.82, 2.24) is 0 Å². The summed E-state index contributed by atoms with van der Waals surface area (Å²) in [5, 5.41) is 0. The zero-order valence-corrected chi connectivity index (χ0v) is 13.7. The Morgan fingerprint density at radius 2 is 0.917 bits per heavy atom. The van der Waals surface area contributed by atoms with E-state index in [0.717, 1.165) is 11.1 Å². The first-order valence-electron chi connectivity index (χ1n) is 7.87. The molecule has 0 aliphatic carbocycles. The number of hydrogen-bond donors (Lipinski definition) is 0. The minimum atomic E-state index is -0.0754. The van der Waals surface area contributed by atoms with Crippen molar-refractivity contribution in [1.29, 1.82) is 0 Å². The molecule has 2 heteroatoms. The third kappa shape index (κ3) is 3.33. The number of carbonyl (C=O) groups excluding carboxylic acids is 2. The zero-order chi connectivity index (χ0) is 17.1. The third-order valence-electron chi connectivity index (χ3n) is 4.01. The Kier molecular flexibility index (Phi) is 4.39. The molecule has 2 nitrogen and oxygen atoms in total. The topological polar surface area (TPSA) is 34.1 Å². The molecule has 3 aromatic carbocycles. The average Bonchev–Trinajstić information content (AvgIpc) is 2.62. The van der Waals surface area contributed by atoms with Gasteiger partial charge >= 0.3 is 0 Å². The minimum Gasteiger partial charge on any atom is -0.289 e. The molecule has 0 N–H and O–H groups in total. The van der Waals surface area contributed by atoms with Gasteiger partial charge < -0.3 is 0 Å². The van der Waals surface area contributed by atoms with Gasteiger partial charge in [-0.05, 0) is 19.9 Å². The van der Waals surface area contributed by atoms with Crippen molar-refractivity contribution in [3.8, 4) is 0 Å². The molecule has 0 aliphatic heterocycles. The summed E-state index contributed by atoms with van der Waals surface area (Å²) < 4.78 is 0. The summed E-state index contributed by atoms with van der Waals surface area (Å²) in [6.07, 6.45) is 0. The number of benzene rings is 3. The van der Waals surface area contributed by atoms with Crippen molar-refractivity contribution in [2.75, 3.05) is 0 Å². The lowest BCUT2D eigenvalue weighted by Gasteiger charge is -2.06. The smallest absolute Gasteiger partial charge is 0.193 e. The normalized spacial score (nSPS) is 10.4. The van der Waals surface area contributed by atoms with E-state index in [9.17, 15) is 9.59 Å². The molecular weight excluding hydrogens is 296 g/mol. The van der Waals surface area contributed by atoms with Gasteiger partial charge in [0.05, 0.1) is 0 Å². The Hall–Kier alpha value is -3.00. The summed E-state index contributed by atoms with van der Waals surface area (Å²) in [5.74, 6) is -0.151. The lowest BCUT2D eigenvalue weighted by Crippen LogP contribution is -2.06. The Morgan fingerprint density at radius 1 is 0.542 bits per heavy atom. The number of hydrogen-bond acceptors (Lipinski definition) is 2. The molecule has 0 fully saturated rings. The number of ketones is 2. The van der Waals surface area contributed by atoms with Crippen molar-refractivity contribution >= 4 is 11.6 Å². The predicted molar refractivity (Wildman–Crippen MR) is 95.7 cm³/mol. The summed E-state index contributed by atoms with van der Waals surface area (Å²) in [4.78, 5) is 25.2. The van der Waals surface area contributed by atoms with E-state index in [-0.39, 0.29) is 11.6 Å². The number of rotatable bonds is 4. The monoisotopic (exact) mass is 314 g/mol. The van der Waals surface area contributed by atoms with Gasteiger partial charge in [0.15, 0.2) is 11.6 Å². The summed E-state index contributed by atoms with van der Waals surface area (Å²) in [7, 11) is 0. The highest BCUT2D eigenvalue weighted by Gasteiger charge is 2.13. The van der Waals surface area contributed by atoms with Gasteiger partial charge in [-0.15, -0.1) is 0 Å². The molecule has 0 bridgehead atoms. The summed E-state index contributed by atoms with van der Waals surface area (Å²) in [6.45, 7) is 3.96. The van der Waals surface area contributed by atoms with Crippen LogP contribution in [0.3, 0.4) is 0 Å². The second-order valence-electron chi connectivity index (χ2n) is 5.97. The van der Waals surface area contributed by atoms with Crippen LogP contribution in [0.5, 0.6) is 0 Å². The molecule has 118 valence electrons. The highest BCUT2D eigenvalue weighted by molar-refractivity contribution is 6.13. The van der Waals surface area contributed by atoms with Gasteiger partial charge in [-0.25, -0.2) is 0 Å². The maximum atomic E-state index is 12.6. The van der Waals surface area contributed by atoms with Gasteiger partial charge in [-0.3, -0.25) is 9.59 Å². The molecule has 0 heterocycles. The quantitative estimate of drug-likeness (QED) is 0.650. The predicted octanol–water partition coefficient (Wildman–Crippen LogP) is 4.77. The minimum absolute atomic E-state index is 0.0754. The second-order valence-corrected chi connectivity index (χ2v) is 5.97. The fourth-order valence-corrected chi connectivity index (χ4v) is 2.54. The van der Waals surface area contributed by atoms with Gasteiger partial charge in [0.1, 0.15) is 0 Å². The molecule has 3 rings (SSSR count). The molecular formula is C22H18O2. The van der Waals surface area contributed by atoms with Crippen LogP contribution in [-0.2, 0) is 0 Å². The number of aryl methyl sites for hydroxylation is 2. The summed E-state index contributed by atoms with van der Waals surface area (Å²) in [5.41, 5.74) is 4.51. The molecule has 0 radical (unpaired) electrons. The van der Waals surface area contributed by atoms with Crippen LogP contribution in [-0.4, -0.2) is 11.6 Å². The second kappa shape index (κ2) is 6.63. The van der Waals surface area contributed by atoms with E-state index >= 15 is 0 Å². The van der Waals surface area contributed by atoms with Crippen LogP contribution in [0.15, 0.2) is 72.8 Å². The summed E-state index contributed by atoms with van der Waals surface area (Å²) in [6, 6.07) is 21.8. The molecule has 3 aromatic rings. The third-order valence-corrected chi connectivity index (χ3v) is 4.01. The first kappa shape index (κ1) is 15.9. The first-order chi connectivity index (χ1) is 11.5. The Bertz CT molecular complexity index is 815. The highest BCUT2D eigenvalue weighted by atomic mass is 16.1. The summed E-state index contributed by atoms with van der Waals surface area (Å²) >= 11 is 0. The maximum Gasteiger partial charge on any atom is 0.193 e. The lowest BCUT2D eigenvalue weighted by atomic mass is 9.97. The fraction of sp³-hybridized carbons (Fsp3) is 0.0909. The molecule has 0 saturated carbocycles. The van der Waals surface area contributed by atoms with E-state index in [1.807, 2.05) is 62.4 Å². The van der Waals surface area contributed by atoms with Crippen LogP contribution < -0.4 is 0 Å². The van der Waals surface area contributed by atoms with Crippen molar-refractivity contribution in [2.45, 2.75) is 13.8 Å². The van der Waals surface area contributed by atoms with Gasteiger partial charge in [0.2, 0.25) is 0 Å². The van der Waals surface area contributed by atoms with Gasteiger partial charge in [0.25, 0.3) is 0 Å². The highest BCUT2D eigenvalue weighted by Crippen LogP contribution is 2.16. The van der Waals surface area contributed by atoms with Crippen molar-refractivity contribution < 1.29 is 9.59 Å². The number of carbonyl (C=O) groups is 2. The van der Waals surface area contributed by atoms with Crippen LogP contribution in [0.1, 0.15) is 43.0 Å². The average molecular weight is 314 g/mol. The van der Waals surface area contributed by atoms with E-state index in [0.29, 0.717) is 22.3 Å². The first-order valence-corrected chi connectivity index (χ1v) is 7.87. The van der Waals surface area contributed by atoms with E-state index < -0.39 is 0 Å². The molecule has 0 amide bonds. The van der Waals surface area contributed by atoms with E-state index in [4.69, 9.17) is 0 Å². The Labute approximate surface area is 141 Å². The van der Waals surface area contributed by atoms with Crippen molar-refractivity contribution in [3.05, 3.63) is 106 Å². The SMILES string of the molecule is Cc1ccc(C(=O)c2cccc(C(=O)c3ccc(C)cc3)c2)cc1. The molecule has 0 aliphatic rings. The zero-order valence-electron chi connectivity index (χ0n) is 13.7. The van der Waals surface area contributed by atoms with Crippen LogP contribution in [0.25, 0.3) is 0 Å². The standard InChI is InChI=1S/C22H18O2/c1-15-6-10-17(11-7-15)21(23)19-4-3-5-20(14-19)22(24)18-12-8-16(2)9-13-18/h3-14H,1-2H3. The van der Waals surface area contributed by atoms with Crippen molar-refractivity contribution in [3.63, 3.8) is 0 Å². The van der Waals surface area contributed by atoms with Gasteiger partial charge in [-0.1, -0.05) is 77.9 Å². The van der Waals surface area contributed by atoms with Crippen molar-refractivity contribution in [2.24, 2.45) is 0 Å². The lowest BCUT2D eigenvalue weighted by molar-refractivity contribution is 0.103. The van der Waals surface area contributed by atoms with Crippen LogP contribution in [0.2, 0.25) is 0 Å². The van der Waals surface area contributed by atoms with E-state index in [2.05, 4.69) is 0 Å². The molecule has 0 aromatic heterocycles. The molecule has 0 atom stereocenters. The van der Waals surface area contributed by atoms with Gasteiger partial charge in [-0.2, -0.15) is 0 Å². The molecule has 0 spiro atoms. The van der Waals surface area contributed by atoms with Crippen LogP contribution in [0.4, 0.5) is 0 Å². The van der Waals surface area contributed by atoms with Crippen LogP contribution in [0, 0.1) is 13.8 Å². The largest absolute Gasteiger partial charge is 0.289 e. The molecule has 0 saturated heterocycles. The van der Waals surface area contributed by atoms with Gasteiger partial charge in [0, 0.05) is 22.3 Å². The Morgan fingerprint density at radius 3 is 1.29 bits per heavy atom. The molecule has 0 unspecified atom stereocenters. The van der Waals surface area contributed by atoms with Crippen LogP contribution >= 0.6 is 0 Å². The Balaban J connectivity index is 1.91. The van der Waals surface area contributed by atoms with E-state index in [1.54, 1.807) is 24.3 Å². The maximum absolute atomic E-state index is 12.6.